The number of hydrogen-bond donors (Lipinski definition) is 5. The molecule has 0 unspecified atom stereocenters. The summed E-state index contributed by atoms with van der Waals surface area (Å²) in [6, 6.07) is -0.651. The maximum atomic E-state index is 12.0. The van der Waals surface area contributed by atoms with Crippen molar-refractivity contribution in [3.05, 3.63) is 0 Å². The monoisotopic (exact) mass is 325 g/mol. The highest BCUT2D eigenvalue weighted by Crippen LogP contribution is 2.02. The average Bonchev–Trinajstić information content (AvgIpc) is 2.51. The fourth-order valence-corrected chi connectivity index (χ4v) is 1.85. The highest BCUT2D eigenvalue weighted by atomic mass is 16.2. The van der Waals surface area contributed by atoms with Gasteiger partial charge in [0.05, 0.1) is 6.54 Å². The zero-order valence-electron chi connectivity index (χ0n) is 13.4. The van der Waals surface area contributed by atoms with E-state index >= 15 is 0 Å². The zero-order chi connectivity index (χ0) is 17.5. The largest absolute Gasteiger partial charge is 0.356 e. The second kappa shape index (κ2) is 13.5. The summed E-state index contributed by atoms with van der Waals surface area (Å²) in [6.45, 7) is 1.15. The molecule has 0 aromatic carbocycles. The Hall–Kier alpha value is -2.11. The van der Waals surface area contributed by atoms with Gasteiger partial charge < -0.3 is 27.4 Å². The number of carbonyl (C=O) groups excluding carboxylic acids is 3. The van der Waals surface area contributed by atoms with Gasteiger partial charge >= 0.3 is 0 Å². The van der Waals surface area contributed by atoms with Crippen molar-refractivity contribution in [2.75, 3.05) is 26.2 Å². The molecular formula is C15H27N5O3. The van der Waals surface area contributed by atoms with Crippen LogP contribution in [0, 0.1) is 12.3 Å². The minimum absolute atomic E-state index is 0.0907. The van der Waals surface area contributed by atoms with Crippen molar-refractivity contribution in [2.45, 2.75) is 38.1 Å². The molecular weight excluding hydrogens is 298 g/mol. The molecule has 3 amide bonds. The van der Waals surface area contributed by atoms with Gasteiger partial charge in [-0.25, -0.2) is 0 Å². The molecule has 0 spiro atoms. The maximum absolute atomic E-state index is 12.0. The number of rotatable bonds is 12. The van der Waals surface area contributed by atoms with Gasteiger partial charge in [-0.1, -0.05) is 5.92 Å². The molecule has 0 fully saturated rings. The standard InChI is InChI=1S/C15H27N5O3/c1-2-10-19-15(23)12(20-14(22)7-9-17)5-3-4-11-18-13(21)6-8-16/h1,12H,3-11,16-17H2,(H,18,21)(H,19,23)(H,20,22)/t12-/m0/s1. The van der Waals surface area contributed by atoms with Gasteiger partial charge in [-0.3, -0.25) is 14.4 Å². The summed E-state index contributed by atoms with van der Waals surface area (Å²) >= 11 is 0. The van der Waals surface area contributed by atoms with Crippen molar-refractivity contribution < 1.29 is 14.4 Å². The van der Waals surface area contributed by atoms with Gasteiger partial charge in [-0.15, -0.1) is 6.42 Å². The van der Waals surface area contributed by atoms with Gasteiger partial charge in [-0.05, 0) is 19.3 Å². The van der Waals surface area contributed by atoms with E-state index in [1.54, 1.807) is 0 Å². The Balaban J connectivity index is 4.19. The van der Waals surface area contributed by atoms with E-state index < -0.39 is 6.04 Å². The van der Waals surface area contributed by atoms with Crippen LogP contribution in [0.5, 0.6) is 0 Å². The molecule has 0 saturated heterocycles. The Kier molecular flexibility index (Phi) is 12.3. The van der Waals surface area contributed by atoms with Gasteiger partial charge in [0.25, 0.3) is 0 Å². The number of hydrogen-bond acceptors (Lipinski definition) is 5. The number of terminal acetylenes is 1. The summed E-state index contributed by atoms with van der Waals surface area (Å²) in [6.07, 6.45) is 7.38. The van der Waals surface area contributed by atoms with E-state index in [9.17, 15) is 14.4 Å². The summed E-state index contributed by atoms with van der Waals surface area (Å²) in [4.78, 5) is 34.8. The summed E-state index contributed by atoms with van der Waals surface area (Å²) in [5.41, 5.74) is 10.6. The lowest BCUT2D eigenvalue weighted by atomic mass is 10.1. The quantitative estimate of drug-likeness (QED) is 0.213. The molecule has 8 heteroatoms. The Morgan fingerprint density at radius 2 is 1.65 bits per heavy atom. The molecule has 1 atom stereocenters. The molecule has 8 nitrogen and oxygen atoms in total. The maximum Gasteiger partial charge on any atom is 0.243 e. The smallest absolute Gasteiger partial charge is 0.243 e. The highest BCUT2D eigenvalue weighted by Gasteiger charge is 2.19. The second-order valence-electron chi connectivity index (χ2n) is 4.97. The van der Waals surface area contributed by atoms with Crippen LogP contribution in [-0.2, 0) is 14.4 Å². The van der Waals surface area contributed by atoms with E-state index in [1.165, 1.54) is 0 Å². The van der Waals surface area contributed by atoms with E-state index in [4.69, 9.17) is 17.9 Å². The second-order valence-corrected chi connectivity index (χ2v) is 4.97. The molecule has 0 aliphatic carbocycles. The van der Waals surface area contributed by atoms with E-state index in [1.807, 2.05) is 0 Å². The number of nitrogens with two attached hydrogens (primary N) is 2. The topological polar surface area (TPSA) is 139 Å². The third-order valence-corrected chi connectivity index (χ3v) is 3.00. The van der Waals surface area contributed by atoms with E-state index in [0.29, 0.717) is 38.8 Å². The van der Waals surface area contributed by atoms with Crippen molar-refractivity contribution in [1.29, 1.82) is 0 Å². The minimum atomic E-state index is -0.651. The molecule has 7 N–H and O–H groups in total. The van der Waals surface area contributed by atoms with E-state index in [0.717, 1.165) is 0 Å². The normalized spacial score (nSPS) is 11.2. The van der Waals surface area contributed by atoms with Gasteiger partial charge in [-0.2, -0.15) is 0 Å². The first-order valence-electron chi connectivity index (χ1n) is 7.72. The van der Waals surface area contributed by atoms with Gasteiger partial charge in [0.2, 0.25) is 17.7 Å². The lowest BCUT2D eigenvalue weighted by Gasteiger charge is -2.17. The summed E-state index contributed by atoms with van der Waals surface area (Å²) in [5, 5.41) is 7.93. The number of amides is 3. The lowest BCUT2D eigenvalue weighted by Crippen LogP contribution is -2.47. The van der Waals surface area contributed by atoms with Crippen molar-refractivity contribution in [3.8, 4) is 12.3 Å². The molecule has 0 aliphatic rings. The molecule has 0 saturated carbocycles. The van der Waals surface area contributed by atoms with Crippen molar-refractivity contribution >= 4 is 17.7 Å². The fourth-order valence-electron chi connectivity index (χ4n) is 1.85. The molecule has 0 aliphatic heterocycles. The summed E-state index contributed by atoms with van der Waals surface area (Å²) in [5.74, 6) is 1.63. The summed E-state index contributed by atoms with van der Waals surface area (Å²) in [7, 11) is 0. The first-order chi connectivity index (χ1) is 11.0. The lowest BCUT2D eigenvalue weighted by molar-refractivity contribution is -0.129. The average molecular weight is 325 g/mol. The van der Waals surface area contributed by atoms with Crippen molar-refractivity contribution in [1.82, 2.24) is 16.0 Å². The van der Waals surface area contributed by atoms with Crippen LogP contribution in [0.15, 0.2) is 0 Å². The number of carbonyl (C=O) groups is 3. The van der Waals surface area contributed by atoms with Crippen LogP contribution >= 0.6 is 0 Å². The molecule has 0 aromatic rings. The van der Waals surface area contributed by atoms with Gasteiger partial charge in [0.15, 0.2) is 0 Å². The van der Waals surface area contributed by atoms with Gasteiger partial charge in [0, 0.05) is 32.5 Å². The fraction of sp³-hybridized carbons (Fsp3) is 0.667. The predicted octanol–water partition coefficient (Wildman–Crippen LogP) is -1.80. The third-order valence-electron chi connectivity index (χ3n) is 3.00. The molecule has 0 aromatic heterocycles. The van der Waals surface area contributed by atoms with Gasteiger partial charge in [0.1, 0.15) is 6.04 Å². The minimum Gasteiger partial charge on any atom is -0.356 e. The highest BCUT2D eigenvalue weighted by molar-refractivity contribution is 5.87. The third kappa shape index (κ3) is 11.2. The molecule has 0 rings (SSSR count). The van der Waals surface area contributed by atoms with Crippen LogP contribution < -0.4 is 27.4 Å². The molecule has 23 heavy (non-hydrogen) atoms. The van der Waals surface area contributed by atoms with Crippen molar-refractivity contribution in [2.24, 2.45) is 11.5 Å². The first-order valence-corrected chi connectivity index (χ1v) is 7.72. The molecule has 0 bridgehead atoms. The molecule has 130 valence electrons. The Morgan fingerprint density at radius 1 is 1.00 bits per heavy atom. The van der Waals surface area contributed by atoms with Crippen LogP contribution in [0.2, 0.25) is 0 Å². The van der Waals surface area contributed by atoms with Crippen molar-refractivity contribution in [3.63, 3.8) is 0 Å². The Labute approximate surface area is 137 Å². The zero-order valence-corrected chi connectivity index (χ0v) is 13.4. The first kappa shape index (κ1) is 20.9. The van der Waals surface area contributed by atoms with Crippen LogP contribution in [-0.4, -0.2) is 49.9 Å². The molecule has 0 radical (unpaired) electrons. The summed E-state index contributed by atoms with van der Waals surface area (Å²) < 4.78 is 0. The van der Waals surface area contributed by atoms with Crippen LogP contribution in [0.1, 0.15) is 32.1 Å². The number of nitrogens with one attached hydrogen (secondary N) is 3. The predicted molar refractivity (Wildman–Crippen MR) is 88.0 cm³/mol. The Bertz CT molecular complexity index is 420. The van der Waals surface area contributed by atoms with Crippen LogP contribution in [0.3, 0.4) is 0 Å². The van der Waals surface area contributed by atoms with E-state index in [-0.39, 0.29) is 37.2 Å². The van der Waals surface area contributed by atoms with Crippen LogP contribution in [0.25, 0.3) is 0 Å². The molecule has 0 heterocycles. The van der Waals surface area contributed by atoms with Crippen LogP contribution in [0.4, 0.5) is 0 Å². The number of unbranched alkanes of at least 4 members (excludes halogenated alkanes) is 1. The Morgan fingerprint density at radius 3 is 2.26 bits per heavy atom. The van der Waals surface area contributed by atoms with E-state index in [2.05, 4.69) is 21.9 Å². The SMILES string of the molecule is C#CCNC(=O)[C@H](CCCCNC(=O)CCN)NC(=O)CCN.